The van der Waals surface area contributed by atoms with Gasteiger partial charge in [-0.05, 0) is 18.6 Å². The zero-order chi connectivity index (χ0) is 9.84. The number of benzene rings is 1. The van der Waals surface area contributed by atoms with E-state index >= 15 is 0 Å². The van der Waals surface area contributed by atoms with Gasteiger partial charge in [-0.3, -0.25) is 0 Å². The third-order valence-electron chi connectivity index (χ3n) is 1.88. The van der Waals surface area contributed by atoms with Gasteiger partial charge in [0.25, 0.3) is 0 Å². The number of aliphatic hydroxyl groups excluding tert-OH is 1. The minimum atomic E-state index is -0.720. The summed E-state index contributed by atoms with van der Waals surface area (Å²) in [5.74, 6) is -0.437. The predicted octanol–water partition coefficient (Wildman–Crippen LogP) is 3.31. The maximum atomic E-state index is 13.2. The van der Waals surface area contributed by atoms with Gasteiger partial charge in [0.05, 0.1) is 6.10 Å². The van der Waals surface area contributed by atoms with Crippen molar-refractivity contribution in [3.8, 4) is 0 Å². The van der Waals surface area contributed by atoms with Gasteiger partial charge in [0, 0.05) is 10.6 Å². The minimum absolute atomic E-state index is 0.325. The maximum Gasteiger partial charge on any atom is 0.130 e. The van der Waals surface area contributed by atoms with Crippen molar-refractivity contribution in [2.24, 2.45) is 0 Å². The van der Waals surface area contributed by atoms with E-state index in [0.29, 0.717) is 17.0 Å². The van der Waals surface area contributed by atoms with Gasteiger partial charge in [-0.15, -0.1) is 0 Å². The molecular weight excluding hydrogens is 191 g/mol. The lowest BCUT2D eigenvalue weighted by atomic mass is 10.1. The molecule has 0 amide bonds. The highest BCUT2D eigenvalue weighted by Crippen LogP contribution is 2.23. The van der Waals surface area contributed by atoms with Gasteiger partial charge < -0.3 is 5.11 Å². The van der Waals surface area contributed by atoms with E-state index in [9.17, 15) is 9.50 Å². The first kappa shape index (κ1) is 10.5. The van der Waals surface area contributed by atoms with Crippen molar-refractivity contribution in [1.29, 1.82) is 0 Å². The summed E-state index contributed by atoms with van der Waals surface area (Å²) in [5, 5.41) is 9.86. The van der Waals surface area contributed by atoms with Gasteiger partial charge >= 0.3 is 0 Å². The molecule has 0 saturated heterocycles. The Hall–Kier alpha value is -0.600. The highest BCUT2D eigenvalue weighted by molar-refractivity contribution is 6.30. The molecule has 3 heteroatoms. The lowest BCUT2D eigenvalue weighted by Crippen LogP contribution is -1.99. The molecule has 0 aliphatic heterocycles. The highest BCUT2D eigenvalue weighted by Gasteiger charge is 2.11. The lowest BCUT2D eigenvalue weighted by Gasteiger charge is -2.10. The van der Waals surface area contributed by atoms with Crippen molar-refractivity contribution in [2.45, 2.75) is 25.9 Å². The Balaban J connectivity index is 2.88. The van der Waals surface area contributed by atoms with Crippen LogP contribution in [0.1, 0.15) is 31.4 Å². The smallest absolute Gasteiger partial charge is 0.130 e. The summed E-state index contributed by atoms with van der Waals surface area (Å²) in [4.78, 5) is 0. The van der Waals surface area contributed by atoms with Crippen molar-refractivity contribution < 1.29 is 9.50 Å². The number of hydrogen-bond donors (Lipinski definition) is 1. The molecule has 0 aliphatic rings. The molecule has 13 heavy (non-hydrogen) atoms. The van der Waals surface area contributed by atoms with Crippen molar-refractivity contribution in [1.82, 2.24) is 0 Å². The summed E-state index contributed by atoms with van der Waals surface area (Å²) in [6.07, 6.45) is 0.671. The third kappa shape index (κ3) is 2.68. The van der Waals surface area contributed by atoms with Crippen LogP contribution in [-0.2, 0) is 0 Å². The van der Waals surface area contributed by atoms with E-state index in [-0.39, 0.29) is 0 Å². The SMILES string of the molecule is CCCC(O)c1ccc(Cl)cc1F. The topological polar surface area (TPSA) is 20.2 Å². The quantitative estimate of drug-likeness (QED) is 0.798. The molecule has 1 N–H and O–H groups in total. The first-order chi connectivity index (χ1) is 6.15. The molecule has 0 bridgehead atoms. The highest BCUT2D eigenvalue weighted by atomic mass is 35.5. The van der Waals surface area contributed by atoms with E-state index in [2.05, 4.69) is 0 Å². The van der Waals surface area contributed by atoms with Gasteiger partial charge in [0.2, 0.25) is 0 Å². The van der Waals surface area contributed by atoms with Crippen LogP contribution in [0, 0.1) is 5.82 Å². The minimum Gasteiger partial charge on any atom is -0.388 e. The monoisotopic (exact) mass is 202 g/mol. The first-order valence-electron chi connectivity index (χ1n) is 4.28. The van der Waals surface area contributed by atoms with Crippen LogP contribution in [0.15, 0.2) is 18.2 Å². The Labute approximate surface area is 82.2 Å². The number of halogens is 2. The van der Waals surface area contributed by atoms with Gasteiger partial charge in [0.1, 0.15) is 5.82 Å². The van der Waals surface area contributed by atoms with Crippen LogP contribution in [0.25, 0.3) is 0 Å². The molecule has 72 valence electrons. The molecule has 0 spiro atoms. The van der Waals surface area contributed by atoms with Crippen LogP contribution in [0.4, 0.5) is 4.39 Å². The zero-order valence-electron chi connectivity index (χ0n) is 7.43. The van der Waals surface area contributed by atoms with Crippen molar-refractivity contribution in [3.05, 3.63) is 34.6 Å². The summed E-state index contributed by atoms with van der Waals surface area (Å²) in [7, 11) is 0. The number of aliphatic hydroxyl groups is 1. The normalized spacial score (nSPS) is 12.9. The maximum absolute atomic E-state index is 13.2. The second-order valence-electron chi connectivity index (χ2n) is 2.97. The van der Waals surface area contributed by atoms with E-state index in [1.165, 1.54) is 12.1 Å². The molecule has 0 radical (unpaired) electrons. The standard InChI is InChI=1S/C10H12ClFO/c1-2-3-10(13)8-5-4-7(11)6-9(8)12/h4-6,10,13H,2-3H2,1H3. The van der Waals surface area contributed by atoms with Crippen molar-refractivity contribution in [2.75, 3.05) is 0 Å². The molecule has 0 saturated carbocycles. The summed E-state index contributed by atoms with van der Waals surface area (Å²) in [5.41, 5.74) is 0.325. The molecule has 1 nitrogen and oxygen atoms in total. The lowest BCUT2D eigenvalue weighted by molar-refractivity contribution is 0.162. The van der Waals surface area contributed by atoms with E-state index in [0.717, 1.165) is 6.42 Å². The Morgan fingerprint density at radius 3 is 2.77 bits per heavy atom. The molecule has 0 aliphatic carbocycles. The molecule has 0 aromatic heterocycles. The van der Waals surface area contributed by atoms with Crippen molar-refractivity contribution in [3.63, 3.8) is 0 Å². The van der Waals surface area contributed by atoms with Gasteiger partial charge in [0.15, 0.2) is 0 Å². The molecule has 0 fully saturated rings. The second-order valence-corrected chi connectivity index (χ2v) is 3.41. The number of hydrogen-bond acceptors (Lipinski definition) is 1. The molecule has 1 aromatic carbocycles. The van der Waals surface area contributed by atoms with E-state index in [1.807, 2.05) is 6.92 Å². The van der Waals surface area contributed by atoms with Gasteiger partial charge in [-0.2, -0.15) is 0 Å². The van der Waals surface area contributed by atoms with Crippen LogP contribution in [-0.4, -0.2) is 5.11 Å². The van der Waals surface area contributed by atoms with E-state index in [4.69, 9.17) is 11.6 Å². The molecule has 1 atom stereocenters. The van der Waals surface area contributed by atoms with E-state index < -0.39 is 11.9 Å². The Kier molecular flexibility index (Phi) is 3.70. The Bertz CT molecular complexity index is 288. The van der Waals surface area contributed by atoms with Crippen LogP contribution >= 0.6 is 11.6 Å². The molecule has 0 heterocycles. The molecule has 1 aromatic rings. The third-order valence-corrected chi connectivity index (χ3v) is 2.12. The van der Waals surface area contributed by atoms with Gasteiger partial charge in [-0.1, -0.05) is 31.0 Å². The fraction of sp³-hybridized carbons (Fsp3) is 0.400. The van der Waals surface area contributed by atoms with Crippen molar-refractivity contribution >= 4 is 11.6 Å². The first-order valence-corrected chi connectivity index (χ1v) is 4.66. The van der Waals surface area contributed by atoms with Crippen LogP contribution in [0.2, 0.25) is 5.02 Å². The second kappa shape index (κ2) is 4.58. The van der Waals surface area contributed by atoms with Crippen LogP contribution < -0.4 is 0 Å². The predicted molar refractivity (Wildman–Crippen MR) is 51.3 cm³/mol. The summed E-state index contributed by atoms with van der Waals surface area (Å²) >= 11 is 5.58. The summed E-state index contributed by atoms with van der Waals surface area (Å²) < 4.78 is 13.2. The van der Waals surface area contributed by atoms with Crippen LogP contribution in [0.3, 0.4) is 0 Å². The fourth-order valence-electron chi connectivity index (χ4n) is 1.20. The Morgan fingerprint density at radius 1 is 1.54 bits per heavy atom. The molecule has 1 unspecified atom stereocenters. The summed E-state index contributed by atoms with van der Waals surface area (Å²) in [6, 6.07) is 4.33. The number of rotatable bonds is 3. The molecular formula is C10H12ClFO. The summed E-state index contributed by atoms with van der Waals surface area (Å²) in [6.45, 7) is 1.94. The Morgan fingerprint density at radius 2 is 2.23 bits per heavy atom. The van der Waals surface area contributed by atoms with Crippen LogP contribution in [0.5, 0.6) is 0 Å². The average molecular weight is 203 g/mol. The zero-order valence-corrected chi connectivity index (χ0v) is 8.18. The average Bonchev–Trinajstić information content (AvgIpc) is 2.04. The largest absolute Gasteiger partial charge is 0.388 e. The van der Waals surface area contributed by atoms with E-state index in [1.54, 1.807) is 6.07 Å². The van der Waals surface area contributed by atoms with Gasteiger partial charge in [-0.25, -0.2) is 4.39 Å². The fourth-order valence-corrected chi connectivity index (χ4v) is 1.36. The molecule has 1 rings (SSSR count).